The van der Waals surface area contributed by atoms with Crippen LogP contribution >= 0.6 is 0 Å². The zero-order valence-corrected chi connectivity index (χ0v) is 40.1. The van der Waals surface area contributed by atoms with Crippen molar-refractivity contribution in [2.75, 3.05) is 33.0 Å². The van der Waals surface area contributed by atoms with Gasteiger partial charge in [0.25, 0.3) is 0 Å². The lowest BCUT2D eigenvalue weighted by Crippen LogP contribution is -2.70. The Balaban J connectivity index is 1.28. The SMILES string of the molecule is O=C(O)[C@H]1O[C@@H](O[C@@H]2[C@@H](O[C@@H]3[C@H](O)[C@@H](O[C@H]4[C@H](O)[C@@H](CO)O[C@H](O[C@H]5[C@H](O)[C@@H](CO)OC(O)[C@H]5O)[C@H]4O[C@@H]4O[C@H](C(=O)O)[C@@H](O)[C@H](O)[C@H]4O)O[C@H](CO)[C@H]3O[C@@H]3OC[C@@H](O)[C@H](O)[C@H]3O)O[C@H](CO)[C@@H](O)[C@@H]2O)[C@H](O)[C@@H](O)[C@@H]1O. The van der Waals surface area contributed by atoms with Crippen LogP contribution in [0.4, 0.5) is 0 Å². The molecule has 0 saturated carbocycles. The number of ether oxygens (including phenoxy) is 13. The normalized spacial score (nSPS) is 52.4. The summed E-state index contributed by atoms with van der Waals surface area (Å²) in [5.74, 6) is -3.83. The van der Waals surface area contributed by atoms with E-state index in [1.54, 1.807) is 0 Å². The van der Waals surface area contributed by atoms with E-state index in [0.29, 0.717) is 0 Å². The van der Waals surface area contributed by atoms with Gasteiger partial charge in [0.2, 0.25) is 0 Å². The van der Waals surface area contributed by atoms with E-state index in [1.165, 1.54) is 0 Å². The maximum Gasteiger partial charge on any atom is 0.335 e. The molecule has 0 amide bonds. The van der Waals surface area contributed by atoms with Crippen molar-refractivity contribution in [1.29, 1.82) is 0 Å². The van der Waals surface area contributed by atoms with Gasteiger partial charge in [0.05, 0.1) is 33.0 Å². The lowest BCUT2D eigenvalue weighted by Gasteiger charge is -2.52. The van der Waals surface area contributed by atoms with Crippen molar-refractivity contribution in [3.8, 4) is 0 Å². The van der Waals surface area contributed by atoms with Crippen molar-refractivity contribution in [3.05, 3.63) is 0 Å². The fourth-order valence-corrected chi connectivity index (χ4v) is 9.62. The molecule has 78 heavy (non-hydrogen) atoms. The van der Waals surface area contributed by atoms with Crippen LogP contribution in [0.1, 0.15) is 0 Å². The van der Waals surface area contributed by atoms with Crippen LogP contribution in [0.5, 0.6) is 0 Å². The molecule has 0 spiro atoms. The molecule has 7 saturated heterocycles. The van der Waals surface area contributed by atoms with Crippen LogP contribution in [-0.2, 0) is 71.2 Å². The summed E-state index contributed by atoms with van der Waals surface area (Å²) in [5.41, 5.74) is 0. The number of carboxylic acids is 2. The van der Waals surface area contributed by atoms with Crippen LogP contribution in [0, 0.1) is 0 Å². The van der Waals surface area contributed by atoms with Gasteiger partial charge < -0.3 is 174 Å². The lowest BCUT2D eigenvalue weighted by molar-refractivity contribution is -0.417. The third-order valence-electron chi connectivity index (χ3n) is 14.1. The first kappa shape index (κ1) is 63.2. The maximum absolute atomic E-state index is 12.4. The Morgan fingerprint density at radius 2 is 0.705 bits per heavy atom. The van der Waals surface area contributed by atoms with E-state index in [4.69, 9.17) is 61.6 Å². The summed E-state index contributed by atoms with van der Waals surface area (Å²) >= 11 is 0. The van der Waals surface area contributed by atoms with Gasteiger partial charge in [-0.2, -0.15) is 0 Å². The second-order valence-electron chi connectivity index (χ2n) is 19.2. The van der Waals surface area contributed by atoms with E-state index in [0.717, 1.165) is 0 Å². The number of rotatable bonds is 18. The van der Waals surface area contributed by atoms with Gasteiger partial charge in [0.15, 0.2) is 56.2 Å². The number of hydrogen-bond donors (Lipinski definition) is 22. The first-order chi connectivity index (χ1) is 36.8. The Hall–Kier alpha value is -2.38. The second-order valence-corrected chi connectivity index (χ2v) is 19.2. The zero-order chi connectivity index (χ0) is 57.5. The summed E-state index contributed by atoms with van der Waals surface area (Å²) in [7, 11) is 0. The van der Waals surface area contributed by atoms with Crippen LogP contribution in [-0.4, -0.2) is 366 Å². The summed E-state index contributed by atoms with van der Waals surface area (Å²) in [4.78, 5) is 24.0. The van der Waals surface area contributed by atoms with E-state index in [9.17, 15) is 122 Å². The van der Waals surface area contributed by atoms with Gasteiger partial charge in [0, 0.05) is 0 Å². The zero-order valence-electron chi connectivity index (χ0n) is 40.1. The molecule has 22 N–H and O–H groups in total. The summed E-state index contributed by atoms with van der Waals surface area (Å²) in [6.45, 7) is -5.34. The number of carbonyl (C=O) groups is 2. The van der Waals surface area contributed by atoms with Crippen LogP contribution < -0.4 is 0 Å². The second kappa shape index (κ2) is 26.5. The number of aliphatic hydroxyl groups excluding tert-OH is 20. The van der Waals surface area contributed by atoms with Gasteiger partial charge in [-0.05, 0) is 0 Å². The Kier molecular flexibility index (Phi) is 21.4. The molecule has 0 aromatic heterocycles. The monoisotopic (exact) mass is 1150 g/mol. The molecule has 37 nitrogen and oxygen atoms in total. The quantitative estimate of drug-likeness (QED) is 0.0606. The van der Waals surface area contributed by atoms with E-state index < -0.39 is 254 Å². The van der Waals surface area contributed by atoms with E-state index in [1.807, 2.05) is 0 Å². The van der Waals surface area contributed by atoms with E-state index >= 15 is 0 Å². The Labute approximate surface area is 437 Å². The van der Waals surface area contributed by atoms with Crippen molar-refractivity contribution < 1.29 is 184 Å². The third kappa shape index (κ3) is 12.7. The molecule has 0 aliphatic carbocycles. The van der Waals surface area contributed by atoms with Gasteiger partial charge in [-0.15, -0.1) is 0 Å². The molecule has 34 atom stereocenters. The molecule has 7 heterocycles. The number of hydrogen-bond acceptors (Lipinski definition) is 35. The minimum atomic E-state index is -2.58. The largest absolute Gasteiger partial charge is 0.479 e. The van der Waals surface area contributed by atoms with Crippen molar-refractivity contribution >= 4 is 11.9 Å². The van der Waals surface area contributed by atoms with Crippen LogP contribution in [0.2, 0.25) is 0 Å². The molecular weight excluding hydrogens is 1080 g/mol. The number of aliphatic hydroxyl groups is 20. The van der Waals surface area contributed by atoms with E-state index in [-0.39, 0.29) is 0 Å². The average molecular weight is 1150 g/mol. The van der Waals surface area contributed by atoms with Crippen molar-refractivity contribution in [2.24, 2.45) is 0 Å². The molecule has 0 bridgehead atoms. The first-order valence-corrected chi connectivity index (χ1v) is 24.1. The molecule has 37 heteroatoms. The van der Waals surface area contributed by atoms with Crippen LogP contribution in [0.25, 0.3) is 0 Å². The maximum atomic E-state index is 12.4. The predicted molar refractivity (Wildman–Crippen MR) is 227 cm³/mol. The minimum absolute atomic E-state index is 0.728. The molecule has 0 aromatic rings. The highest BCUT2D eigenvalue weighted by Crippen LogP contribution is 2.39. The van der Waals surface area contributed by atoms with Gasteiger partial charge in [-0.3, -0.25) is 0 Å². The summed E-state index contributed by atoms with van der Waals surface area (Å²) < 4.78 is 73.5. The van der Waals surface area contributed by atoms with E-state index in [2.05, 4.69) is 0 Å². The summed E-state index contributed by atoms with van der Waals surface area (Å²) in [5, 5.41) is 235. The first-order valence-electron chi connectivity index (χ1n) is 24.1. The highest BCUT2D eigenvalue weighted by atomic mass is 16.8. The minimum Gasteiger partial charge on any atom is -0.479 e. The van der Waals surface area contributed by atoms with Crippen molar-refractivity contribution in [1.82, 2.24) is 0 Å². The highest BCUT2D eigenvalue weighted by Gasteiger charge is 2.60. The lowest BCUT2D eigenvalue weighted by atomic mass is 9.94. The Morgan fingerprint density at radius 1 is 0.321 bits per heavy atom. The van der Waals surface area contributed by atoms with Gasteiger partial charge in [-0.25, -0.2) is 9.59 Å². The van der Waals surface area contributed by atoms with Gasteiger partial charge >= 0.3 is 11.9 Å². The molecule has 0 radical (unpaired) electrons. The molecule has 7 aliphatic heterocycles. The molecule has 1 unspecified atom stereocenters. The Bertz CT molecular complexity index is 1930. The number of carboxylic acid groups (broad SMARTS) is 2. The van der Waals surface area contributed by atoms with Crippen molar-refractivity contribution in [3.63, 3.8) is 0 Å². The molecule has 0 aromatic carbocycles. The molecule has 452 valence electrons. The molecular formula is C41H66O37. The molecule has 7 rings (SSSR count). The van der Waals surface area contributed by atoms with Gasteiger partial charge in [-0.1, -0.05) is 0 Å². The summed E-state index contributed by atoms with van der Waals surface area (Å²) in [6.07, 6.45) is -75.7. The van der Waals surface area contributed by atoms with Gasteiger partial charge in [0.1, 0.15) is 153 Å². The Morgan fingerprint density at radius 3 is 1.23 bits per heavy atom. The topological polar surface area (TPSA) is 599 Å². The summed E-state index contributed by atoms with van der Waals surface area (Å²) in [6, 6.07) is 0. The highest BCUT2D eigenvalue weighted by molar-refractivity contribution is 5.73. The molecule has 7 fully saturated rings. The fraction of sp³-hybridized carbons (Fsp3) is 0.951. The smallest absolute Gasteiger partial charge is 0.335 e. The third-order valence-corrected chi connectivity index (χ3v) is 14.1. The molecule has 7 aliphatic rings. The number of aliphatic carboxylic acids is 2. The van der Waals surface area contributed by atoms with Crippen molar-refractivity contribution in [2.45, 2.75) is 209 Å². The van der Waals surface area contributed by atoms with Crippen LogP contribution in [0.15, 0.2) is 0 Å². The predicted octanol–water partition coefficient (Wildman–Crippen LogP) is -15.5. The standard InChI is InChI=1S/C41H66O37/c42-1-7-12(48)17(53)31(77-37-21(57)15(51)18(54)29(75-37)33(61)62)40(68-7)74-28-24(60)39(70-10(4-45)25(28)71-36-20(56)11(47)6(46)5-66-36)73-27-14(50)9(3-44)69-41(72-26-13(49)8(2-43)67-35(65)23(26)59)32(27)78-38-22(58)16(52)19(55)30(76-38)34(63)64/h6-32,35-60,65H,1-5H2,(H,61,62)(H,63,64)/t6-,7-,8-,9-,10-,11+,12-,13-,14-,15+,16+,17+,18+,19+,20-,21-,22-,23+,24+,25-,26+,27+,28-,29+,30+,31+,32+,35?,36+,37+,38+,39-,40-,41-/m1/s1. The van der Waals surface area contributed by atoms with Crippen LogP contribution in [0.3, 0.4) is 0 Å². The average Bonchev–Trinajstić information content (AvgIpc) is 3.47. The fourth-order valence-electron chi connectivity index (χ4n) is 9.62.